The van der Waals surface area contributed by atoms with Gasteiger partial charge in [-0.05, 0) is 42.5 Å². The van der Waals surface area contributed by atoms with Gasteiger partial charge in [0.15, 0.2) is 10.8 Å². The van der Waals surface area contributed by atoms with Crippen LogP contribution >= 0.6 is 11.3 Å². The third kappa shape index (κ3) is 3.94. The number of benzene rings is 2. The van der Waals surface area contributed by atoms with E-state index in [0.717, 1.165) is 15.2 Å². The standard InChI is InChI=1S/C21H17N3O3S/c1-13(25)23-15-6-4-5-14(11-15)20(26)22-12-16-9-10-18(27-16)21-24-17-7-2-3-8-19(17)28-21/h2-11H,12H2,1H3,(H,22,26)(H,23,25). The van der Waals surface area contributed by atoms with Gasteiger partial charge in [0.05, 0.1) is 16.8 Å². The summed E-state index contributed by atoms with van der Waals surface area (Å²) in [7, 11) is 0. The Balaban J connectivity index is 1.43. The van der Waals surface area contributed by atoms with Gasteiger partial charge in [0.2, 0.25) is 5.91 Å². The van der Waals surface area contributed by atoms with Crippen molar-refractivity contribution in [1.82, 2.24) is 10.3 Å². The highest BCUT2D eigenvalue weighted by Crippen LogP contribution is 2.31. The number of para-hydroxylation sites is 1. The van der Waals surface area contributed by atoms with E-state index in [-0.39, 0.29) is 18.4 Å². The van der Waals surface area contributed by atoms with Crippen molar-refractivity contribution in [3.8, 4) is 10.8 Å². The molecule has 0 unspecified atom stereocenters. The summed E-state index contributed by atoms with van der Waals surface area (Å²) in [6.07, 6.45) is 0. The van der Waals surface area contributed by atoms with Crippen molar-refractivity contribution in [2.75, 3.05) is 5.32 Å². The predicted molar refractivity (Wildman–Crippen MR) is 109 cm³/mol. The van der Waals surface area contributed by atoms with Crippen LogP contribution in [0, 0.1) is 0 Å². The van der Waals surface area contributed by atoms with Gasteiger partial charge < -0.3 is 15.1 Å². The minimum absolute atomic E-state index is 0.185. The van der Waals surface area contributed by atoms with Crippen LogP contribution in [-0.4, -0.2) is 16.8 Å². The number of carbonyl (C=O) groups is 2. The molecule has 28 heavy (non-hydrogen) atoms. The Bertz CT molecular complexity index is 1130. The molecular formula is C21H17N3O3S. The summed E-state index contributed by atoms with van der Waals surface area (Å²) in [6, 6.07) is 18.4. The molecule has 6 nitrogen and oxygen atoms in total. The Labute approximate surface area is 165 Å². The molecule has 2 aromatic carbocycles. The molecule has 2 heterocycles. The number of furan rings is 1. The van der Waals surface area contributed by atoms with Crippen LogP contribution in [0.5, 0.6) is 0 Å². The van der Waals surface area contributed by atoms with E-state index in [1.807, 2.05) is 36.4 Å². The van der Waals surface area contributed by atoms with Gasteiger partial charge in [-0.1, -0.05) is 18.2 Å². The maximum Gasteiger partial charge on any atom is 0.251 e. The molecule has 2 aromatic heterocycles. The quantitative estimate of drug-likeness (QED) is 0.527. The number of rotatable bonds is 5. The lowest BCUT2D eigenvalue weighted by Gasteiger charge is -2.06. The molecular weight excluding hydrogens is 374 g/mol. The molecule has 2 amide bonds. The second-order valence-electron chi connectivity index (χ2n) is 6.20. The number of thiazole rings is 1. The zero-order valence-corrected chi connectivity index (χ0v) is 15.9. The molecule has 2 N–H and O–H groups in total. The van der Waals surface area contributed by atoms with Crippen LogP contribution in [0.25, 0.3) is 21.0 Å². The van der Waals surface area contributed by atoms with Crippen molar-refractivity contribution in [2.45, 2.75) is 13.5 Å². The Morgan fingerprint density at radius 2 is 1.93 bits per heavy atom. The van der Waals surface area contributed by atoms with Crippen LogP contribution in [0.15, 0.2) is 65.1 Å². The van der Waals surface area contributed by atoms with Crippen LogP contribution in [0.4, 0.5) is 5.69 Å². The highest BCUT2D eigenvalue weighted by Gasteiger charge is 2.12. The molecule has 140 valence electrons. The number of carbonyl (C=O) groups excluding carboxylic acids is 2. The van der Waals surface area contributed by atoms with Crippen molar-refractivity contribution >= 4 is 39.1 Å². The van der Waals surface area contributed by atoms with Gasteiger partial charge in [0.25, 0.3) is 5.91 Å². The highest BCUT2D eigenvalue weighted by molar-refractivity contribution is 7.21. The minimum Gasteiger partial charge on any atom is -0.457 e. The van der Waals surface area contributed by atoms with Crippen LogP contribution < -0.4 is 10.6 Å². The third-order valence-corrected chi connectivity index (χ3v) is 5.09. The van der Waals surface area contributed by atoms with E-state index in [4.69, 9.17) is 4.42 Å². The Morgan fingerprint density at radius 3 is 2.75 bits per heavy atom. The maximum absolute atomic E-state index is 12.4. The molecule has 4 rings (SSSR count). The first-order chi connectivity index (χ1) is 13.6. The van der Waals surface area contributed by atoms with Crippen LogP contribution in [-0.2, 0) is 11.3 Å². The number of amides is 2. The van der Waals surface area contributed by atoms with Crippen LogP contribution in [0.2, 0.25) is 0 Å². The van der Waals surface area contributed by atoms with E-state index >= 15 is 0 Å². The second-order valence-corrected chi connectivity index (χ2v) is 7.23. The van der Waals surface area contributed by atoms with E-state index in [1.54, 1.807) is 35.6 Å². The lowest BCUT2D eigenvalue weighted by molar-refractivity contribution is -0.114. The van der Waals surface area contributed by atoms with Crippen molar-refractivity contribution in [3.05, 3.63) is 72.0 Å². The molecule has 0 atom stereocenters. The van der Waals surface area contributed by atoms with Gasteiger partial charge >= 0.3 is 0 Å². The molecule has 0 aliphatic carbocycles. The smallest absolute Gasteiger partial charge is 0.251 e. The van der Waals surface area contributed by atoms with E-state index < -0.39 is 0 Å². The number of nitrogens with one attached hydrogen (secondary N) is 2. The Kier molecular flexibility index (Phi) is 4.90. The molecule has 0 aliphatic heterocycles. The average molecular weight is 391 g/mol. The van der Waals surface area contributed by atoms with Crippen molar-refractivity contribution in [3.63, 3.8) is 0 Å². The van der Waals surface area contributed by atoms with Crippen molar-refractivity contribution in [2.24, 2.45) is 0 Å². The lowest BCUT2D eigenvalue weighted by atomic mass is 10.2. The second kappa shape index (κ2) is 7.66. The number of hydrogen-bond donors (Lipinski definition) is 2. The normalized spacial score (nSPS) is 10.8. The molecule has 0 aliphatic rings. The first-order valence-electron chi connectivity index (χ1n) is 8.69. The van der Waals surface area contributed by atoms with E-state index in [0.29, 0.717) is 22.8 Å². The molecule has 0 spiro atoms. The molecule has 4 aromatic rings. The number of nitrogens with zero attached hydrogens (tertiary/aromatic N) is 1. The molecule has 0 saturated heterocycles. The summed E-state index contributed by atoms with van der Waals surface area (Å²) < 4.78 is 6.94. The highest BCUT2D eigenvalue weighted by atomic mass is 32.1. The van der Waals surface area contributed by atoms with Gasteiger partial charge in [-0.3, -0.25) is 9.59 Å². The zero-order valence-electron chi connectivity index (χ0n) is 15.1. The zero-order chi connectivity index (χ0) is 19.5. The SMILES string of the molecule is CC(=O)Nc1cccc(C(=O)NCc2ccc(-c3nc4ccccc4s3)o2)c1. The first kappa shape index (κ1) is 17.9. The predicted octanol–water partition coefficient (Wildman–Crippen LogP) is 4.44. The van der Waals surface area contributed by atoms with Crippen molar-refractivity contribution < 1.29 is 14.0 Å². The summed E-state index contributed by atoms with van der Waals surface area (Å²) >= 11 is 1.56. The molecule has 0 radical (unpaired) electrons. The van der Waals surface area contributed by atoms with Crippen molar-refractivity contribution in [1.29, 1.82) is 0 Å². The average Bonchev–Trinajstić information content (AvgIpc) is 3.32. The summed E-state index contributed by atoms with van der Waals surface area (Å²) in [4.78, 5) is 28.1. The van der Waals surface area contributed by atoms with Gasteiger partial charge in [-0.2, -0.15) is 0 Å². The third-order valence-electron chi connectivity index (χ3n) is 4.03. The topological polar surface area (TPSA) is 84.2 Å². The van der Waals surface area contributed by atoms with Crippen LogP contribution in [0.1, 0.15) is 23.0 Å². The fourth-order valence-corrected chi connectivity index (χ4v) is 3.70. The lowest BCUT2D eigenvalue weighted by Crippen LogP contribution is -2.22. The molecule has 0 saturated carbocycles. The first-order valence-corrected chi connectivity index (χ1v) is 9.50. The van der Waals surface area contributed by atoms with E-state index in [1.165, 1.54) is 6.92 Å². The minimum atomic E-state index is -0.245. The summed E-state index contributed by atoms with van der Waals surface area (Å²) in [5, 5.41) is 6.30. The number of aromatic nitrogens is 1. The van der Waals surface area contributed by atoms with E-state index in [9.17, 15) is 9.59 Å². The fourth-order valence-electron chi connectivity index (χ4n) is 2.78. The summed E-state index contributed by atoms with van der Waals surface area (Å²) in [5.74, 6) is 0.888. The van der Waals surface area contributed by atoms with Gasteiger partial charge in [-0.15, -0.1) is 11.3 Å². The van der Waals surface area contributed by atoms with Gasteiger partial charge in [0.1, 0.15) is 5.76 Å². The Morgan fingerprint density at radius 1 is 1.07 bits per heavy atom. The van der Waals surface area contributed by atoms with E-state index in [2.05, 4.69) is 15.6 Å². The molecule has 0 bridgehead atoms. The largest absolute Gasteiger partial charge is 0.457 e. The summed E-state index contributed by atoms with van der Waals surface area (Å²) in [5.41, 5.74) is 1.98. The Hall–Kier alpha value is -3.45. The number of fused-ring (bicyclic) bond motifs is 1. The number of hydrogen-bond acceptors (Lipinski definition) is 5. The fraction of sp³-hybridized carbons (Fsp3) is 0.0952. The monoisotopic (exact) mass is 391 g/mol. The molecule has 7 heteroatoms. The number of anilines is 1. The van der Waals surface area contributed by atoms with Crippen LogP contribution in [0.3, 0.4) is 0 Å². The maximum atomic E-state index is 12.4. The van der Waals surface area contributed by atoms with Gasteiger partial charge in [-0.25, -0.2) is 4.98 Å². The molecule has 0 fully saturated rings. The summed E-state index contributed by atoms with van der Waals surface area (Å²) in [6.45, 7) is 1.68. The van der Waals surface area contributed by atoms with Gasteiger partial charge in [0, 0.05) is 18.2 Å².